The molecule has 1 aromatic carbocycles. The summed E-state index contributed by atoms with van der Waals surface area (Å²) in [4.78, 5) is 14.8. The highest BCUT2D eigenvalue weighted by molar-refractivity contribution is 7.99. The molecular weight excluding hydrogens is 302 g/mol. The number of methoxy groups -OCH3 is 3. The quantitative estimate of drug-likeness (QED) is 0.717. The molecule has 1 fully saturated rings. The van der Waals surface area contributed by atoms with Gasteiger partial charge in [0.15, 0.2) is 17.3 Å². The van der Waals surface area contributed by atoms with E-state index in [-0.39, 0.29) is 5.78 Å². The van der Waals surface area contributed by atoms with Gasteiger partial charge in [-0.3, -0.25) is 4.79 Å². The number of nitrogens with zero attached hydrogens (tertiary/aromatic N) is 1. The summed E-state index contributed by atoms with van der Waals surface area (Å²) in [6, 6.07) is 3.44. The second-order valence-corrected chi connectivity index (χ2v) is 6.27. The molecule has 6 heteroatoms. The van der Waals surface area contributed by atoms with Crippen molar-refractivity contribution in [3.8, 4) is 17.2 Å². The van der Waals surface area contributed by atoms with Crippen molar-refractivity contribution in [2.45, 2.75) is 6.42 Å². The Hall–Kier alpha value is -1.40. The molecule has 1 aliphatic rings. The first kappa shape index (κ1) is 17.0. The van der Waals surface area contributed by atoms with E-state index in [9.17, 15) is 4.79 Å². The van der Waals surface area contributed by atoms with E-state index in [0.717, 1.165) is 31.1 Å². The van der Waals surface area contributed by atoms with Crippen LogP contribution >= 0.6 is 11.8 Å². The summed E-state index contributed by atoms with van der Waals surface area (Å²) in [5.41, 5.74) is 0.598. The van der Waals surface area contributed by atoms with E-state index in [1.165, 1.54) is 0 Å². The van der Waals surface area contributed by atoms with Crippen LogP contribution in [0.15, 0.2) is 12.1 Å². The Kier molecular flexibility index (Phi) is 6.39. The molecule has 22 heavy (non-hydrogen) atoms. The van der Waals surface area contributed by atoms with E-state index in [0.29, 0.717) is 29.2 Å². The van der Waals surface area contributed by atoms with Gasteiger partial charge in [-0.05, 0) is 12.1 Å². The number of thioether (sulfide) groups is 1. The minimum Gasteiger partial charge on any atom is -0.493 e. The lowest BCUT2D eigenvalue weighted by atomic mass is 10.1. The van der Waals surface area contributed by atoms with E-state index in [4.69, 9.17) is 14.2 Å². The summed E-state index contributed by atoms with van der Waals surface area (Å²) in [5.74, 6) is 3.93. The summed E-state index contributed by atoms with van der Waals surface area (Å²) in [6.07, 6.45) is 0.503. The zero-order valence-electron chi connectivity index (χ0n) is 13.4. The fourth-order valence-electron chi connectivity index (χ4n) is 2.47. The molecule has 5 nitrogen and oxygen atoms in total. The van der Waals surface area contributed by atoms with Gasteiger partial charge in [0.1, 0.15) is 0 Å². The summed E-state index contributed by atoms with van der Waals surface area (Å²) < 4.78 is 15.9. The third-order valence-corrected chi connectivity index (χ3v) is 4.69. The third kappa shape index (κ3) is 4.08. The van der Waals surface area contributed by atoms with Gasteiger partial charge in [0, 0.05) is 43.1 Å². The van der Waals surface area contributed by atoms with Crippen molar-refractivity contribution < 1.29 is 19.0 Å². The number of benzene rings is 1. The Balaban J connectivity index is 2.08. The molecule has 1 saturated heterocycles. The van der Waals surface area contributed by atoms with Crippen molar-refractivity contribution >= 4 is 17.5 Å². The fourth-order valence-corrected chi connectivity index (χ4v) is 3.45. The molecule has 0 atom stereocenters. The largest absolute Gasteiger partial charge is 0.493 e. The van der Waals surface area contributed by atoms with Crippen LogP contribution in [-0.4, -0.2) is 63.2 Å². The third-order valence-electron chi connectivity index (χ3n) is 3.75. The normalized spacial score (nSPS) is 15.4. The van der Waals surface area contributed by atoms with E-state index in [1.807, 2.05) is 11.8 Å². The highest BCUT2D eigenvalue weighted by Crippen LogP contribution is 2.38. The molecule has 1 aliphatic heterocycles. The summed E-state index contributed by atoms with van der Waals surface area (Å²) in [6.45, 7) is 2.93. The summed E-state index contributed by atoms with van der Waals surface area (Å²) in [7, 11) is 4.66. The number of carbonyl (C=O) groups excluding carboxylic acids is 1. The van der Waals surface area contributed by atoms with Gasteiger partial charge in [-0.15, -0.1) is 0 Å². The Morgan fingerprint density at radius 3 is 2.18 bits per heavy atom. The maximum Gasteiger partial charge on any atom is 0.203 e. The number of hydrogen-bond acceptors (Lipinski definition) is 6. The van der Waals surface area contributed by atoms with Crippen LogP contribution in [0.1, 0.15) is 16.8 Å². The molecule has 1 heterocycles. The molecule has 0 aromatic heterocycles. The first-order valence-corrected chi connectivity index (χ1v) is 8.48. The second kappa shape index (κ2) is 8.29. The van der Waals surface area contributed by atoms with Crippen LogP contribution in [0.25, 0.3) is 0 Å². The van der Waals surface area contributed by atoms with Crippen LogP contribution in [0.5, 0.6) is 17.2 Å². The SMILES string of the molecule is COc1cc(C(=O)CCN2CCSCC2)cc(OC)c1OC. The van der Waals surface area contributed by atoms with Crippen molar-refractivity contribution in [3.05, 3.63) is 17.7 Å². The fraction of sp³-hybridized carbons (Fsp3) is 0.562. The molecule has 1 aromatic rings. The minimum atomic E-state index is 0.0949. The average Bonchev–Trinajstić information content (AvgIpc) is 2.59. The lowest BCUT2D eigenvalue weighted by Gasteiger charge is -2.25. The number of Topliss-reactive ketones (excluding diaryl/α,β-unsaturated/α-hetero) is 1. The Bertz CT molecular complexity index is 490. The number of ketones is 1. The molecule has 0 saturated carbocycles. The molecular formula is C16H23NO4S. The molecule has 0 aliphatic carbocycles. The number of ether oxygens (including phenoxy) is 3. The molecule has 122 valence electrons. The van der Waals surface area contributed by atoms with Crippen molar-refractivity contribution in [2.75, 3.05) is 52.5 Å². The maximum atomic E-state index is 12.4. The monoisotopic (exact) mass is 325 g/mol. The standard InChI is InChI=1S/C16H23NO4S/c1-19-14-10-12(11-15(20-2)16(14)21-3)13(18)4-5-17-6-8-22-9-7-17/h10-11H,4-9H2,1-3H3. The molecule has 0 amide bonds. The lowest BCUT2D eigenvalue weighted by molar-refractivity contribution is 0.0965. The van der Waals surface area contributed by atoms with Gasteiger partial charge in [0.25, 0.3) is 0 Å². The van der Waals surface area contributed by atoms with Gasteiger partial charge in [0.2, 0.25) is 5.75 Å². The Morgan fingerprint density at radius 2 is 1.68 bits per heavy atom. The predicted molar refractivity (Wildman–Crippen MR) is 88.8 cm³/mol. The van der Waals surface area contributed by atoms with Crippen LogP contribution in [0, 0.1) is 0 Å². The van der Waals surface area contributed by atoms with Crippen LogP contribution in [-0.2, 0) is 0 Å². The molecule has 0 radical (unpaired) electrons. The van der Waals surface area contributed by atoms with E-state index >= 15 is 0 Å². The van der Waals surface area contributed by atoms with Crippen molar-refractivity contribution in [2.24, 2.45) is 0 Å². The van der Waals surface area contributed by atoms with Gasteiger partial charge in [0.05, 0.1) is 21.3 Å². The molecule has 0 N–H and O–H groups in total. The van der Waals surface area contributed by atoms with Gasteiger partial charge in [-0.2, -0.15) is 11.8 Å². The van der Waals surface area contributed by atoms with E-state index < -0.39 is 0 Å². The molecule has 0 unspecified atom stereocenters. The highest BCUT2D eigenvalue weighted by atomic mass is 32.2. The van der Waals surface area contributed by atoms with Gasteiger partial charge in [-0.25, -0.2) is 0 Å². The van der Waals surface area contributed by atoms with Gasteiger partial charge < -0.3 is 19.1 Å². The molecule has 0 bridgehead atoms. The summed E-state index contributed by atoms with van der Waals surface area (Å²) in [5, 5.41) is 0. The van der Waals surface area contributed by atoms with E-state index in [2.05, 4.69) is 4.90 Å². The predicted octanol–water partition coefficient (Wildman–Crippen LogP) is 2.33. The Labute approximate surface area is 135 Å². The van der Waals surface area contributed by atoms with Crippen LogP contribution < -0.4 is 14.2 Å². The number of carbonyl (C=O) groups is 1. The Morgan fingerprint density at radius 1 is 1.09 bits per heavy atom. The minimum absolute atomic E-state index is 0.0949. The van der Waals surface area contributed by atoms with Gasteiger partial charge in [-0.1, -0.05) is 0 Å². The average molecular weight is 325 g/mol. The molecule has 2 rings (SSSR count). The lowest BCUT2D eigenvalue weighted by Crippen LogP contribution is -2.34. The smallest absolute Gasteiger partial charge is 0.203 e. The second-order valence-electron chi connectivity index (χ2n) is 5.04. The molecule has 0 spiro atoms. The number of rotatable bonds is 7. The van der Waals surface area contributed by atoms with Gasteiger partial charge >= 0.3 is 0 Å². The van der Waals surface area contributed by atoms with Crippen LogP contribution in [0.2, 0.25) is 0 Å². The first-order valence-electron chi connectivity index (χ1n) is 7.33. The zero-order valence-corrected chi connectivity index (χ0v) is 14.2. The topological polar surface area (TPSA) is 48.0 Å². The highest BCUT2D eigenvalue weighted by Gasteiger charge is 2.18. The zero-order chi connectivity index (χ0) is 15.9. The summed E-state index contributed by atoms with van der Waals surface area (Å²) >= 11 is 1.97. The maximum absolute atomic E-state index is 12.4. The van der Waals surface area contributed by atoms with Crippen molar-refractivity contribution in [3.63, 3.8) is 0 Å². The van der Waals surface area contributed by atoms with Crippen molar-refractivity contribution in [1.29, 1.82) is 0 Å². The number of hydrogen-bond donors (Lipinski definition) is 0. The van der Waals surface area contributed by atoms with Crippen LogP contribution in [0.4, 0.5) is 0 Å². The van der Waals surface area contributed by atoms with Crippen LogP contribution in [0.3, 0.4) is 0 Å². The van der Waals surface area contributed by atoms with E-state index in [1.54, 1.807) is 33.5 Å². The van der Waals surface area contributed by atoms with Crippen molar-refractivity contribution in [1.82, 2.24) is 4.90 Å². The first-order chi connectivity index (χ1) is 10.7.